The molecule has 29 heavy (non-hydrogen) atoms. The van der Waals surface area contributed by atoms with Gasteiger partial charge in [-0.25, -0.2) is 5.43 Å². The van der Waals surface area contributed by atoms with Crippen LogP contribution in [0.1, 0.15) is 31.5 Å². The van der Waals surface area contributed by atoms with Gasteiger partial charge in [0.15, 0.2) is 5.82 Å². The first kappa shape index (κ1) is 18.7. The highest BCUT2D eigenvalue weighted by Crippen LogP contribution is 2.31. The van der Waals surface area contributed by atoms with Crippen LogP contribution >= 0.6 is 0 Å². The molecule has 0 radical (unpaired) electrons. The van der Waals surface area contributed by atoms with E-state index in [1.165, 1.54) is 19.3 Å². The molecular formula is C21H29N7O. The Kier molecular flexibility index (Phi) is 5.30. The van der Waals surface area contributed by atoms with Gasteiger partial charge in [-0.15, -0.1) is 10.2 Å². The average Bonchev–Trinajstić information content (AvgIpc) is 3.41. The standard InChI is InChI=1S/C21H29N7O/c29-21(20-17-8-4-5-9-18(17)23-25-20)27-12-10-26(11-13-27)14-19-24-22-15-28(19)16-6-2-1-3-7-16/h1-3,6-7,15,17-18,20,23,25H,4-5,8-14H2. The average molecular weight is 396 g/mol. The molecule has 154 valence electrons. The van der Waals surface area contributed by atoms with Crippen LogP contribution in [0.5, 0.6) is 0 Å². The van der Waals surface area contributed by atoms with E-state index in [0.29, 0.717) is 12.0 Å². The predicted molar refractivity (Wildman–Crippen MR) is 109 cm³/mol. The zero-order valence-corrected chi connectivity index (χ0v) is 16.7. The van der Waals surface area contributed by atoms with Crippen molar-refractivity contribution in [3.63, 3.8) is 0 Å². The number of piperazine rings is 1. The summed E-state index contributed by atoms with van der Waals surface area (Å²) >= 11 is 0. The number of amides is 1. The first-order valence-electron chi connectivity index (χ1n) is 10.8. The first-order chi connectivity index (χ1) is 14.3. The molecule has 2 saturated heterocycles. The predicted octanol–water partition coefficient (Wildman–Crippen LogP) is 0.947. The molecule has 1 saturated carbocycles. The van der Waals surface area contributed by atoms with Crippen LogP contribution in [0, 0.1) is 5.92 Å². The first-order valence-corrected chi connectivity index (χ1v) is 10.8. The molecule has 2 aromatic rings. The molecule has 3 heterocycles. The number of hydrogen-bond acceptors (Lipinski definition) is 6. The second-order valence-corrected chi connectivity index (χ2v) is 8.38. The highest BCUT2D eigenvalue weighted by molar-refractivity contribution is 5.82. The van der Waals surface area contributed by atoms with E-state index < -0.39 is 0 Å². The summed E-state index contributed by atoms with van der Waals surface area (Å²) in [4.78, 5) is 17.5. The summed E-state index contributed by atoms with van der Waals surface area (Å²) in [6.07, 6.45) is 6.60. The Morgan fingerprint density at radius 2 is 1.83 bits per heavy atom. The van der Waals surface area contributed by atoms with Crippen LogP contribution in [0.25, 0.3) is 5.69 Å². The van der Waals surface area contributed by atoms with Gasteiger partial charge in [-0.3, -0.25) is 19.7 Å². The van der Waals surface area contributed by atoms with Gasteiger partial charge in [-0.1, -0.05) is 31.0 Å². The molecule has 1 aromatic heterocycles. The molecule has 1 aliphatic carbocycles. The zero-order valence-electron chi connectivity index (χ0n) is 16.7. The number of rotatable bonds is 4. The molecule has 1 amide bonds. The lowest BCUT2D eigenvalue weighted by Crippen LogP contribution is -2.54. The Balaban J connectivity index is 1.18. The molecule has 1 aromatic carbocycles. The van der Waals surface area contributed by atoms with Crippen molar-refractivity contribution in [3.8, 4) is 5.69 Å². The molecule has 3 aliphatic rings. The Morgan fingerprint density at radius 3 is 2.66 bits per heavy atom. The number of hydrogen-bond donors (Lipinski definition) is 2. The summed E-state index contributed by atoms with van der Waals surface area (Å²) in [6, 6.07) is 10.6. The van der Waals surface area contributed by atoms with Gasteiger partial charge in [0.2, 0.25) is 5.91 Å². The van der Waals surface area contributed by atoms with Crippen molar-refractivity contribution in [3.05, 3.63) is 42.5 Å². The topological polar surface area (TPSA) is 78.3 Å². The fraction of sp³-hybridized carbons (Fsp3) is 0.571. The van der Waals surface area contributed by atoms with Crippen LogP contribution in [0.15, 0.2) is 36.7 Å². The number of para-hydroxylation sites is 1. The molecule has 8 nitrogen and oxygen atoms in total. The number of fused-ring (bicyclic) bond motifs is 1. The number of benzene rings is 1. The molecule has 0 spiro atoms. The van der Waals surface area contributed by atoms with Gasteiger partial charge in [-0.2, -0.15) is 0 Å². The number of hydrazine groups is 1. The zero-order chi connectivity index (χ0) is 19.6. The summed E-state index contributed by atoms with van der Waals surface area (Å²) < 4.78 is 2.04. The molecule has 2 N–H and O–H groups in total. The minimum absolute atomic E-state index is 0.0620. The SMILES string of the molecule is O=C(C1NNC2CCCCC21)N1CCN(Cc2nncn2-c2ccccc2)CC1. The lowest BCUT2D eigenvalue weighted by atomic mass is 9.81. The smallest absolute Gasteiger partial charge is 0.241 e. The normalized spacial score (nSPS) is 27.7. The third-order valence-electron chi connectivity index (χ3n) is 6.64. The van der Waals surface area contributed by atoms with Crippen LogP contribution < -0.4 is 10.9 Å². The number of nitrogens with zero attached hydrogens (tertiary/aromatic N) is 5. The van der Waals surface area contributed by atoms with Crippen LogP contribution in [0.3, 0.4) is 0 Å². The third-order valence-corrected chi connectivity index (χ3v) is 6.64. The van der Waals surface area contributed by atoms with Crippen molar-refractivity contribution in [2.75, 3.05) is 26.2 Å². The number of carbonyl (C=O) groups is 1. The monoisotopic (exact) mass is 395 g/mol. The van der Waals surface area contributed by atoms with Crippen LogP contribution in [-0.2, 0) is 11.3 Å². The summed E-state index contributed by atoms with van der Waals surface area (Å²) in [5, 5.41) is 8.43. The lowest BCUT2D eigenvalue weighted by Gasteiger charge is -2.37. The Hall–Kier alpha value is -2.29. The van der Waals surface area contributed by atoms with Crippen molar-refractivity contribution in [1.29, 1.82) is 0 Å². The van der Waals surface area contributed by atoms with E-state index >= 15 is 0 Å². The molecule has 3 atom stereocenters. The van der Waals surface area contributed by atoms with Crippen molar-refractivity contribution < 1.29 is 4.79 Å². The number of aromatic nitrogens is 3. The van der Waals surface area contributed by atoms with Crippen LogP contribution in [0.2, 0.25) is 0 Å². The molecular weight excluding hydrogens is 366 g/mol. The van der Waals surface area contributed by atoms with E-state index in [0.717, 1.165) is 50.7 Å². The summed E-state index contributed by atoms with van der Waals surface area (Å²) in [5.74, 6) is 1.64. The summed E-state index contributed by atoms with van der Waals surface area (Å²) in [7, 11) is 0. The van der Waals surface area contributed by atoms with E-state index in [2.05, 4.69) is 38.1 Å². The van der Waals surface area contributed by atoms with Crippen LogP contribution in [0.4, 0.5) is 0 Å². The third kappa shape index (κ3) is 3.80. The molecule has 3 unspecified atom stereocenters. The van der Waals surface area contributed by atoms with Crippen molar-refractivity contribution >= 4 is 5.91 Å². The van der Waals surface area contributed by atoms with Gasteiger partial charge in [-0.05, 0) is 25.0 Å². The van der Waals surface area contributed by atoms with Gasteiger partial charge in [0.25, 0.3) is 0 Å². The second-order valence-electron chi connectivity index (χ2n) is 8.38. The summed E-state index contributed by atoms with van der Waals surface area (Å²) in [6.45, 7) is 4.01. The van der Waals surface area contributed by atoms with Gasteiger partial charge >= 0.3 is 0 Å². The minimum Gasteiger partial charge on any atom is -0.339 e. The maximum Gasteiger partial charge on any atom is 0.241 e. The van der Waals surface area contributed by atoms with E-state index in [9.17, 15) is 4.79 Å². The molecule has 2 aliphatic heterocycles. The fourth-order valence-corrected chi connectivity index (χ4v) is 4.98. The lowest BCUT2D eigenvalue weighted by molar-refractivity contribution is -0.136. The Labute approximate surface area is 171 Å². The van der Waals surface area contributed by atoms with Crippen molar-refractivity contribution in [1.82, 2.24) is 35.4 Å². The van der Waals surface area contributed by atoms with Crippen molar-refractivity contribution in [2.24, 2.45) is 5.92 Å². The minimum atomic E-state index is -0.0620. The van der Waals surface area contributed by atoms with E-state index in [4.69, 9.17) is 0 Å². The number of carbonyl (C=O) groups excluding carboxylic acids is 1. The van der Waals surface area contributed by atoms with Gasteiger partial charge in [0.05, 0.1) is 6.54 Å². The van der Waals surface area contributed by atoms with Gasteiger partial charge in [0, 0.05) is 43.8 Å². The highest BCUT2D eigenvalue weighted by Gasteiger charge is 2.42. The van der Waals surface area contributed by atoms with E-state index in [1.54, 1.807) is 6.33 Å². The van der Waals surface area contributed by atoms with Crippen molar-refractivity contribution in [2.45, 2.75) is 44.3 Å². The largest absolute Gasteiger partial charge is 0.339 e. The van der Waals surface area contributed by atoms with Crippen LogP contribution in [-0.4, -0.2) is 68.7 Å². The second kappa shape index (κ2) is 8.22. The number of nitrogens with one attached hydrogen (secondary N) is 2. The molecule has 0 bridgehead atoms. The maximum absolute atomic E-state index is 13.1. The van der Waals surface area contributed by atoms with Gasteiger partial charge < -0.3 is 4.90 Å². The van der Waals surface area contributed by atoms with E-state index in [-0.39, 0.29) is 11.9 Å². The maximum atomic E-state index is 13.1. The highest BCUT2D eigenvalue weighted by atomic mass is 16.2. The fourth-order valence-electron chi connectivity index (χ4n) is 4.98. The van der Waals surface area contributed by atoms with Gasteiger partial charge in [0.1, 0.15) is 12.4 Å². The van der Waals surface area contributed by atoms with E-state index in [1.807, 2.05) is 27.7 Å². The summed E-state index contributed by atoms with van der Waals surface area (Å²) in [5.41, 5.74) is 7.73. The Bertz CT molecular complexity index is 831. The molecule has 8 heteroatoms. The molecule has 3 fully saturated rings. The quantitative estimate of drug-likeness (QED) is 0.803. The molecule has 5 rings (SSSR count). The Morgan fingerprint density at radius 1 is 1.03 bits per heavy atom.